The van der Waals surface area contributed by atoms with Gasteiger partial charge < -0.3 is 20.2 Å². The first-order valence-corrected chi connectivity index (χ1v) is 7.82. The van der Waals surface area contributed by atoms with Crippen molar-refractivity contribution in [3.63, 3.8) is 0 Å². The Kier molecular flexibility index (Phi) is 5.67. The number of carbonyl (C=O) groups excluding carboxylic acids is 1. The molecule has 21 heavy (non-hydrogen) atoms. The first-order valence-electron chi connectivity index (χ1n) is 7.82. The van der Waals surface area contributed by atoms with Gasteiger partial charge in [0, 0.05) is 6.04 Å². The van der Waals surface area contributed by atoms with Crippen LogP contribution in [0.2, 0.25) is 0 Å². The summed E-state index contributed by atoms with van der Waals surface area (Å²) in [5.74, 6) is 1.97. The van der Waals surface area contributed by atoms with Crippen molar-refractivity contribution in [1.82, 2.24) is 10.6 Å². The lowest BCUT2D eigenvalue weighted by atomic mass is 9.80. The molecule has 1 aromatic rings. The van der Waals surface area contributed by atoms with E-state index in [1.54, 1.807) is 12.1 Å². The standard InChI is InChI=1S/C16H26N2O3/c1-11(2)12-5-7-13(8-6-12)18-16(20)17-10-14(19)15-4-3-9-21-15/h3-4,9,11-14,19H,5-8,10H2,1-2H3,(H2,17,18,20). The van der Waals surface area contributed by atoms with Crippen LogP contribution in [0, 0.1) is 11.8 Å². The molecule has 0 spiro atoms. The lowest BCUT2D eigenvalue weighted by Crippen LogP contribution is -2.45. The molecule has 2 rings (SSSR count). The second-order valence-electron chi connectivity index (χ2n) is 6.24. The van der Waals surface area contributed by atoms with E-state index in [-0.39, 0.29) is 18.6 Å². The van der Waals surface area contributed by atoms with E-state index in [9.17, 15) is 9.90 Å². The van der Waals surface area contributed by atoms with Gasteiger partial charge in [0.15, 0.2) is 0 Å². The van der Waals surface area contributed by atoms with E-state index in [2.05, 4.69) is 24.5 Å². The maximum absolute atomic E-state index is 11.8. The molecule has 1 aliphatic rings. The van der Waals surface area contributed by atoms with E-state index in [1.807, 2.05) is 0 Å². The van der Waals surface area contributed by atoms with Crippen molar-refractivity contribution in [3.8, 4) is 0 Å². The molecule has 3 N–H and O–H groups in total. The normalized spacial score (nSPS) is 23.8. The number of aliphatic hydroxyl groups excluding tert-OH is 1. The van der Waals surface area contributed by atoms with Crippen LogP contribution in [0.4, 0.5) is 4.79 Å². The van der Waals surface area contributed by atoms with Gasteiger partial charge in [-0.15, -0.1) is 0 Å². The Labute approximate surface area is 126 Å². The highest BCUT2D eigenvalue weighted by atomic mass is 16.4. The minimum Gasteiger partial charge on any atom is -0.467 e. The molecule has 1 fully saturated rings. The third-order valence-corrected chi connectivity index (χ3v) is 4.38. The molecular formula is C16H26N2O3. The van der Waals surface area contributed by atoms with Gasteiger partial charge in [-0.25, -0.2) is 4.79 Å². The van der Waals surface area contributed by atoms with Crippen LogP contribution in [0.15, 0.2) is 22.8 Å². The molecule has 2 amide bonds. The lowest BCUT2D eigenvalue weighted by Gasteiger charge is -2.31. The minimum absolute atomic E-state index is 0.153. The van der Waals surface area contributed by atoms with Crippen LogP contribution in [-0.2, 0) is 0 Å². The van der Waals surface area contributed by atoms with Crippen molar-refractivity contribution < 1.29 is 14.3 Å². The lowest BCUT2D eigenvalue weighted by molar-refractivity contribution is 0.147. The number of nitrogens with one attached hydrogen (secondary N) is 2. The molecule has 1 aliphatic carbocycles. The Morgan fingerprint density at radius 2 is 2.10 bits per heavy atom. The van der Waals surface area contributed by atoms with Crippen LogP contribution in [-0.4, -0.2) is 23.7 Å². The zero-order chi connectivity index (χ0) is 15.2. The molecule has 0 radical (unpaired) electrons. The van der Waals surface area contributed by atoms with Crippen LogP contribution in [0.25, 0.3) is 0 Å². The second-order valence-corrected chi connectivity index (χ2v) is 6.24. The van der Waals surface area contributed by atoms with Crippen LogP contribution < -0.4 is 10.6 Å². The van der Waals surface area contributed by atoms with Crippen molar-refractivity contribution in [3.05, 3.63) is 24.2 Å². The molecule has 1 atom stereocenters. The minimum atomic E-state index is -0.803. The van der Waals surface area contributed by atoms with Crippen molar-refractivity contribution >= 4 is 6.03 Å². The first-order chi connectivity index (χ1) is 10.1. The SMILES string of the molecule is CC(C)C1CCC(NC(=O)NCC(O)c2ccco2)CC1. The number of rotatable bonds is 5. The smallest absolute Gasteiger partial charge is 0.315 e. The molecule has 5 heteroatoms. The van der Waals surface area contributed by atoms with Gasteiger partial charge in [0.2, 0.25) is 0 Å². The van der Waals surface area contributed by atoms with E-state index in [0.29, 0.717) is 5.76 Å². The van der Waals surface area contributed by atoms with Gasteiger partial charge >= 0.3 is 6.03 Å². The molecule has 0 bridgehead atoms. The Morgan fingerprint density at radius 3 is 2.67 bits per heavy atom. The van der Waals surface area contributed by atoms with Crippen LogP contribution in [0.3, 0.4) is 0 Å². The predicted molar refractivity (Wildman–Crippen MR) is 80.8 cm³/mol. The number of hydrogen-bond donors (Lipinski definition) is 3. The molecule has 1 saturated carbocycles. The molecule has 0 saturated heterocycles. The Bertz CT molecular complexity index is 423. The first kappa shape index (κ1) is 15.9. The summed E-state index contributed by atoms with van der Waals surface area (Å²) in [7, 11) is 0. The van der Waals surface area contributed by atoms with Crippen LogP contribution >= 0.6 is 0 Å². The van der Waals surface area contributed by atoms with E-state index < -0.39 is 6.10 Å². The summed E-state index contributed by atoms with van der Waals surface area (Å²) in [6.45, 7) is 4.68. The van der Waals surface area contributed by atoms with Gasteiger partial charge in [-0.05, 0) is 49.7 Å². The molecule has 1 aromatic heterocycles. The maximum Gasteiger partial charge on any atom is 0.315 e. The average Bonchev–Trinajstić information content (AvgIpc) is 2.99. The summed E-state index contributed by atoms with van der Waals surface area (Å²) >= 11 is 0. The Morgan fingerprint density at radius 1 is 1.38 bits per heavy atom. The number of aliphatic hydroxyl groups is 1. The molecule has 1 heterocycles. The molecule has 118 valence electrons. The largest absolute Gasteiger partial charge is 0.467 e. The zero-order valence-electron chi connectivity index (χ0n) is 12.8. The van der Waals surface area contributed by atoms with Crippen molar-refractivity contribution in [2.24, 2.45) is 11.8 Å². The second kappa shape index (κ2) is 7.50. The van der Waals surface area contributed by atoms with Gasteiger partial charge in [-0.1, -0.05) is 13.8 Å². The highest BCUT2D eigenvalue weighted by Gasteiger charge is 2.24. The number of hydrogen-bond acceptors (Lipinski definition) is 3. The van der Waals surface area contributed by atoms with Crippen LogP contribution in [0.5, 0.6) is 0 Å². The quantitative estimate of drug-likeness (QED) is 0.781. The number of furan rings is 1. The summed E-state index contributed by atoms with van der Waals surface area (Å²) in [5, 5.41) is 15.5. The number of urea groups is 1. The van der Waals surface area contributed by atoms with Crippen LogP contribution in [0.1, 0.15) is 51.4 Å². The molecule has 0 aromatic carbocycles. The topological polar surface area (TPSA) is 74.5 Å². The van der Waals surface area contributed by atoms with Gasteiger partial charge in [-0.2, -0.15) is 0 Å². The van der Waals surface area contributed by atoms with Gasteiger partial charge in [0.05, 0.1) is 12.8 Å². The fourth-order valence-electron chi connectivity index (χ4n) is 2.94. The van der Waals surface area contributed by atoms with E-state index >= 15 is 0 Å². The fraction of sp³-hybridized carbons (Fsp3) is 0.688. The summed E-state index contributed by atoms with van der Waals surface area (Å²) in [6.07, 6.45) is 5.14. The number of carbonyl (C=O) groups is 1. The van der Waals surface area contributed by atoms with Crippen molar-refractivity contribution in [2.75, 3.05) is 6.54 Å². The van der Waals surface area contributed by atoms with Crippen molar-refractivity contribution in [1.29, 1.82) is 0 Å². The molecular weight excluding hydrogens is 268 g/mol. The van der Waals surface area contributed by atoms with Gasteiger partial charge in [-0.3, -0.25) is 0 Å². The van der Waals surface area contributed by atoms with Gasteiger partial charge in [0.1, 0.15) is 11.9 Å². The average molecular weight is 294 g/mol. The maximum atomic E-state index is 11.8. The highest BCUT2D eigenvalue weighted by molar-refractivity contribution is 5.74. The summed E-state index contributed by atoms with van der Waals surface area (Å²) in [4.78, 5) is 11.8. The molecule has 1 unspecified atom stereocenters. The summed E-state index contributed by atoms with van der Waals surface area (Å²) in [6, 6.07) is 3.44. The Balaban J connectivity index is 1.66. The Hall–Kier alpha value is -1.49. The summed E-state index contributed by atoms with van der Waals surface area (Å²) in [5.41, 5.74) is 0. The highest BCUT2D eigenvalue weighted by Crippen LogP contribution is 2.29. The predicted octanol–water partition coefficient (Wildman–Crippen LogP) is 2.83. The molecule has 0 aliphatic heterocycles. The van der Waals surface area contributed by atoms with E-state index in [1.165, 1.54) is 19.1 Å². The number of amides is 2. The van der Waals surface area contributed by atoms with Crippen molar-refractivity contribution in [2.45, 2.75) is 51.7 Å². The molecule has 5 nitrogen and oxygen atoms in total. The summed E-state index contributed by atoms with van der Waals surface area (Å²) < 4.78 is 5.09. The third-order valence-electron chi connectivity index (χ3n) is 4.38. The monoisotopic (exact) mass is 294 g/mol. The van der Waals surface area contributed by atoms with E-state index in [4.69, 9.17) is 4.42 Å². The zero-order valence-corrected chi connectivity index (χ0v) is 12.8. The fourth-order valence-corrected chi connectivity index (χ4v) is 2.94. The van der Waals surface area contributed by atoms with E-state index in [0.717, 1.165) is 24.7 Å². The third kappa shape index (κ3) is 4.77. The van der Waals surface area contributed by atoms with Gasteiger partial charge in [0.25, 0.3) is 0 Å².